The Hall–Kier alpha value is -5.02. The molecule has 2 aromatic heterocycles. The van der Waals surface area contributed by atoms with E-state index < -0.39 is 129 Å². The number of anilines is 1. The number of rotatable bonds is 17. The molecule has 10 nitrogen and oxygen atoms in total. The first kappa shape index (κ1) is 52.8. The highest BCUT2D eigenvalue weighted by Gasteiger charge is 2.55. The number of hydrogen-bond acceptors (Lipinski definition) is 8. The van der Waals surface area contributed by atoms with Crippen LogP contribution in [0.1, 0.15) is 82.3 Å². The third-order valence-corrected chi connectivity index (χ3v) is 15.8. The Morgan fingerprint density at radius 3 is 2.24 bits per heavy atom. The van der Waals surface area contributed by atoms with Crippen molar-refractivity contribution < 1.29 is 62.2 Å². The lowest BCUT2D eigenvalue weighted by atomic mass is 9.86. The molecule has 3 aliphatic rings. The molecular weight excluding hydrogens is 1010 g/mol. The van der Waals surface area contributed by atoms with Crippen LogP contribution in [0.4, 0.5) is 54.1 Å². The SMILES string of the molecule is CC=CC1([S+]([O-])Nc2nn(CC(F)(F)F)c3c(-c4ccc(C#CC(C)(C)[S+]([O-])C5CC5)nc4C(Cc4cc(F)cc(F)c4)NC(=O)CNC4=C(C(=N)C(F)F)C(F)(F)CCC4(F)F)ccc(Cl)c23)CC1. The van der Waals surface area contributed by atoms with Crippen LogP contribution in [-0.4, -0.2) is 81.2 Å². The second-order valence-electron chi connectivity index (χ2n) is 17.6. The first-order valence-electron chi connectivity index (χ1n) is 21.5. The van der Waals surface area contributed by atoms with Gasteiger partial charge in [0.25, 0.3) is 18.3 Å². The predicted octanol–water partition coefficient (Wildman–Crippen LogP) is 10.4. The summed E-state index contributed by atoms with van der Waals surface area (Å²) in [6.07, 6.45) is -6.81. The molecule has 0 aliphatic heterocycles. The summed E-state index contributed by atoms with van der Waals surface area (Å²) in [5.74, 6) is -6.62. The summed E-state index contributed by atoms with van der Waals surface area (Å²) in [6.45, 7) is 1.90. The first-order valence-corrected chi connectivity index (χ1v) is 24.3. The van der Waals surface area contributed by atoms with Gasteiger partial charge in [0, 0.05) is 42.9 Å². The van der Waals surface area contributed by atoms with Gasteiger partial charge in [0.2, 0.25) is 11.7 Å². The quantitative estimate of drug-likeness (QED) is 0.0270. The molecule has 3 atom stereocenters. The topological polar surface area (TPSA) is 154 Å². The van der Waals surface area contributed by atoms with E-state index in [2.05, 4.69) is 32.0 Å². The number of alkyl halides is 9. The van der Waals surface area contributed by atoms with Crippen molar-refractivity contribution in [2.24, 2.45) is 0 Å². The maximum Gasteiger partial charge on any atom is 0.408 e. The molecule has 24 heteroatoms. The van der Waals surface area contributed by atoms with Gasteiger partial charge in [-0.15, -0.1) is 5.10 Å². The van der Waals surface area contributed by atoms with E-state index in [4.69, 9.17) is 17.0 Å². The van der Waals surface area contributed by atoms with Crippen molar-refractivity contribution in [2.75, 3.05) is 11.3 Å². The van der Waals surface area contributed by atoms with E-state index >= 15 is 17.6 Å². The predicted molar refractivity (Wildman–Crippen MR) is 244 cm³/mol. The van der Waals surface area contributed by atoms with Crippen LogP contribution < -0.4 is 15.4 Å². The minimum atomic E-state index is -4.92. The molecule has 0 bridgehead atoms. The molecule has 0 spiro atoms. The molecule has 376 valence electrons. The number of pyridine rings is 1. The third-order valence-electron chi connectivity index (χ3n) is 11.7. The molecule has 2 saturated carbocycles. The van der Waals surface area contributed by atoms with Crippen LogP contribution in [0.25, 0.3) is 22.0 Å². The van der Waals surface area contributed by atoms with E-state index in [9.17, 15) is 44.6 Å². The summed E-state index contributed by atoms with van der Waals surface area (Å²) >= 11 is 3.33. The highest BCUT2D eigenvalue weighted by Crippen LogP contribution is 2.48. The number of fused-ring (bicyclic) bond motifs is 1. The Balaban J connectivity index is 1.41. The maximum atomic E-state index is 15.3. The van der Waals surface area contributed by atoms with Gasteiger partial charge in [-0.2, -0.15) is 26.7 Å². The minimum absolute atomic E-state index is 0.0859. The number of nitrogens with zero attached hydrogens (tertiary/aromatic N) is 3. The molecule has 4 aromatic rings. The summed E-state index contributed by atoms with van der Waals surface area (Å²) in [5, 5.41) is 15.6. The summed E-state index contributed by atoms with van der Waals surface area (Å²) in [5.41, 5.74) is -6.95. The van der Waals surface area contributed by atoms with E-state index in [1.165, 1.54) is 24.3 Å². The van der Waals surface area contributed by atoms with E-state index in [1.54, 1.807) is 32.9 Å². The Labute approximate surface area is 405 Å². The van der Waals surface area contributed by atoms with Crippen molar-refractivity contribution in [3.05, 3.63) is 99.5 Å². The van der Waals surface area contributed by atoms with Gasteiger partial charge < -0.3 is 19.7 Å². The Bertz CT molecular complexity index is 2800. The summed E-state index contributed by atoms with van der Waals surface area (Å²) in [7, 11) is 0. The van der Waals surface area contributed by atoms with Gasteiger partial charge in [0.15, 0.2) is 9.49 Å². The fourth-order valence-corrected chi connectivity index (χ4v) is 11.1. The number of nitrogens with one attached hydrogen (secondary N) is 4. The van der Waals surface area contributed by atoms with Crippen molar-refractivity contribution in [2.45, 2.75) is 117 Å². The van der Waals surface area contributed by atoms with Crippen LogP contribution in [0.2, 0.25) is 5.02 Å². The smallest absolute Gasteiger partial charge is 0.408 e. The maximum absolute atomic E-state index is 15.3. The molecule has 2 aromatic carbocycles. The van der Waals surface area contributed by atoms with Crippen LogP contribution in [-0.2, 0) is 40.3 Å². The molecule has 3 aliphatic carbocycles. The number of carbonyl (C=O) groups is 1. The number of benzene rings is 2. The fraction of sp³-hybridized carbons (Fsp3) is 0.435. The zero-order chi connectivity index (χ0) is 51.3. The van der Waals surface area contributed by atoms with Gasteiger partial charge in [0.1, 0.15) is 34.8 Å². The van der Waals surface area contributed by atoms with Gasteiger partial charge in [-0.3, -0.25) is 14.9 Å². The Kier molecular flexibility index (Phi) is 15.0. The fourth-order valence-electron chi connectivity index (χ4n) is 8.07. The largest absolute Gasteiger partial charge is 0.615 e. The molecule has 3 unspecified atom stereocenters. The monoisotopic (exact) mass is 1050 g/mol. The average Bonchev–Trinajstić information content (AvgIpc) is 4.21. The molecule has 2 fully saturated rings. The first-order chi connectivity index (χ1) is 32.6. The Morgan fingerprint density at radius 2 is 1.64 bits per heavy atom. The number of halogens is 12. The van der Waals surface area contributed by atoms with Crippen molar-refractivity contribution in [3.8, 4) is 23.0 Å². The average molecular weight is 1050 g/mol. The second-order valence-corrected chi connectivity index (χ2v) is 21.8. The van der Waals surface area contributed by atoms with Crippen molar-refractivity contribution >= 4 is 62.5 Å². The van der Waals surface area contributed by atoms with Gasteiger partial charge >= 0.3 is 6.18 Å². The van der Waals surface area contributed by atoms with Crippen molar-refractivity contribution in [3.63, 3.8) is 0 Å². The number of amides is 1. The lowest BCUT2D eigenvalue weighted by Gasteiger charge is -2.34. The second kappa shape index (κ2) is 19.9. The van der Waals surface area contributed by atoms with Gasteiger partial charge in [0.05, 0.1) is 56.8 Å². The lowest BCUT2D eigenvalue weighted by Crippen LogP contribution is -2.47. The zero-order valence-electron chi connectivity index (χ0n) is 37.2. The summed E-state index contributed by atoms with van der Waals surface area (Å²) in [6, 6.07) is 5.87. The summed E-state index contributed by atoms with van der Waals surface area (Å²) < 4.78 is 189. The number of hydrogen-bond donors (Lipinski definition) is 4. The van der Waals surface area contributed by atoms with Crippen LogP contribution in [0.15, 0.2) is 65.9 Å². The number of allylic oxidation sites excluding steroid dienone is 3. The molecule has 4 N–H and O–H groups in total. The highest BCUT2D eigenvalue weighted by molar-refractivity contribution is 7.94. The van der Waals surface area contributed by atoms with E-state index in [-0.39, 0.29) is 55.1 Å². The van der Waals surface area contributed by atoms with Gasteiger partial charge in [-0.25, -0.2) is 31.3 Å². The molecule has 0 radical (unpaired) electrons. The van der Waals surface area contributed by atoms with Crippen molar-refractivity contribution in [1.29, 1.82) is 5.41 Å². The number of aromatic nitrogens is 3. The molecule has 2 heterocycles. The van der Waals surface area contributed by atoms with Crippen LogP contribution >= 0.6 is 11.6 Å². The standard InChI is InChI=1S/C46H43ClF11N7O3S2/c1-4-12-43(14-15-43)70(68)64-41-34-31(47)10-9-30(38(34)65(63-41)23-46(56,57)58)29-8-5-27(11-13-42(2,3)69(67)28-6-7-28)61-37(29)32(20-24-18-25(48)21-26(49)19-24)62-33(66)22-60-39-35(36(59)40(50)51)44(52,53)16-17-45(39,54)55/h4-5,8-10,12,18-19,21,28,32,40,59-60H,6-7,14-17,20,22-23H2,1-3H3,(H,62,66)(H,63,64). The van der Waals surface area contributed by atoms with Crippen LogP contribution in [0.3, 0.4) is 0 Å². The lowest BCUT2D eigenvalue weighted by molar-refractivity contribution is -0.141. The van der Waals surface area contributed by atoms with E-state index in [1.807, 2.05) is 5.32 Å². The highest BCUT2D eigenvalue weighted by atomic mass is 35.5. The van der Waals surface area contributed by atoms with Crippen LogP contribution in [0.5, 0.6) is 0 Å². The van der Waals surface area contributed by atoms with E-state index in [0.29, 0.717) is 36.4 Å². The Morgan fingerprint density at radius 1 is 1.00 bits per heavy atom. The number of carbonyl (C=O) groups excluding carboxylic acids is 1. The molecular formula is C46H43ClF11N7O3S2. The van der Waals surface area contributed by atoms with Crippen LogP contribution in [0, 0.1) is 28.9 Å². The normalized spacial score (nSPS) is 18.9. The van der Waals surface area contributed by atoms with E-state index in [0.717, 1.165) is 12.1 Å². The third kappa shape index (κ3) is 11.7. The molecule has 70 heavy (non-hydrogen) atoms. The van der Waals surface area contributed by atoms with Gasteiger partial charge in [-0.1, -0.05) is 23.7 Å². The molecule has 7 rings (SSSR count). The zero-order valence-corrected chi connectivity index (χ0v) is 39.6. The molecule has 1 amide bonds. The minimum Gasteiger partial charge on any atom is -0.615 e. The summed E-state index contributed by atoms with van der Waals surface area (Å²) in [4.78, 5) is 18.6. The molecule has 0 saturated heterocycles. The van der Waals surface area contributed by atoms with Gasteiger partial charge in [-0.05, 0) is 105 Å². The van der Waals surface area contributed by atoms with Crippen molar-refractivity contribution in [1.82, 2.24) is 25.4 Å².